The molecule has 16 heavy (non-hydrogen) atoms. The number of ether oxygens (including phenoxy) is 1. The number of carbonyl (C=O) groups is 1. The summed E-state index contributed by atoms with van der Waals surface area (Å²) in [4.78, 5) is 11.3. The van der Waals surface area contributed by atoms with Gasteiger partial charge in [0.1, 0.15) is 6.61 Å². The van der Waals surface area contributed by atoms with Gasteiger partial charge in [-0.25, -0.2) is 4.79 Å². The van der Waals surface area contributed by atoms with Crippen LogP contribution in [0.15, 0.2) is 24.3 Å². The van der Waals surface area contributed by atoms with Crippen LogP contribution in [0, 0.1) is 8.99 Å². The fourth-order valence-electron chi connectivity index (χ4n) is 1.91. The summed E-state index contributed by atoms with van der Waals surface area (Å²) in [6.07, 6.45) is -0.330. The van der Waals surface area contributed by atoms with E-state index in [2.05, 4.69) is 47.8 Å². The van der Waals surface area contributed by atoms with Crippen LogP contribution in [0.1, 0.15) is 25.5 Å². The summed E-state index contributed by atoms with van der Waals surface area (Å²) in [6, 6.07) is 8.20. The predicted molar refractivity (Wildman–Crippen MR) is 70.2 cm³/mol. The van der Waals surface area contributed by atoms with E-state index in [1.54, 1.807) is 0 Å². The normalized spacial score (nSPS) is 23.4. The van der Waals surface area contributed by atoms with Gasteiger partial charge in [-0.1, -0.05) is 26.0 Å². The highest BCUT2D eigenvalue weighted by Crippen LogP contribution is 2.36. The van der Waals surface area contributed by atoms with Gasteiger partial charge < -0.3 is 10.1 Å². The molecule has 0 saturated carbocycles. The summed E-state index contributed by atoms with van der Waals surface area (Å²) in [5, 5.41) is 2.89. The van der Waals surface area contributed by atoms with Gasteiger partial charge in [0.05, 0.1) is 6.04 Å². The largest absolute Gasteiger partial charge is 0.449 e. The van der Waals surface area contributed by atoms with Crippen LogP contribution >= 0.6 is 22.6 Å². The third-order valence-corrected chi connectivity index (χ3v) is 3.47. The fourth-order valence-corrected chi connectivity index (χ4v) is 2.48. The number of hydrogen-bond donors (Lipinski definition) is 1. The van der Waals surface area contributed by atoms with Crippen molar-refractivity contribution in [3.8, 4) is 0 Å². The van der Waals surface area contributed by atoms with E-state index in [-0.39, 0.29) is 17.6 Å². The number of halogens is 1. The average Bonchev–Trinajstić information content (AvgIpc) is 2.22. The van der Waals surface area contributed by atoms with Crippen molar-refractivity contribution >= 4 is 28.7 Å². The molecule has 2 rings (SSSR count). The second-order valence-electron chi connectivity index (χ2n) is 4.70. The van der Waals surface area contributed by atoms with E-state index in [0.29, 0.717) is 6.61 Å². The maximum Gasteiger partial charge on any atom is 0.407 e. The highest BCUT2D eigenvalue weighted by Gasteiger charge is 2.37. The number of amides is 1. The second kappa shape index (κ2) is 4.24. The van der Waals surface area contributed by atoms with Crippen molar-refractivity contribution < 1.29 is 9.53 Å². The Morgan fingerprint density at radius 3 is 2.94 bits per heavy atom. The van der Waals surface area contributed by atoms with Crippen molar-refractivity contribution in [3.05, 3.63) is 33.4 Å². The zero-order valence-corrected chi connectivity index (χ0v) is 11.4. The lowest BCUT2D eigenvalue weighted by molar-refractivity contribution is 0.0387. The van der Waals surface area contributed by atoms with E-state index in [1.807, 2.05) is 18.2 Å². The summed E-state index contributed by atoms with van der Waals surface area (Å²) in [7, 11) is 0. The minimum absolute atomic E-state index is 0.0171. The highest BCUT2D eigenvalue weighted by atomic mass is 127. The first-order chi connectivity index (χ1) is 7.49. The summed E-state index contributed by atoms with van der Waals surface area (Å²) in [5.74, 6) is 0. The van der Waals surface area contributed by atoms with Gasteiger partial charge in [-0.05, 0) is 40.3 Å². The Morgan fingerprint density at radius 2 is 2.25 bits per heavy atom. The van der Waals surface area contributed by atoms with E-state index in [0.717, 1.165) is 5.56 Å². The number of hydrogen-bond acceptors (Lipinski definition) is 2. The quantitative estimate of drug-likeness (QED) is 0.803. The lowest BCUT2D eigenvalue weighted by atomic mass is 9.80. The third-order valence-electron chi connectivity index (χ3n) is 2.80. The Morgan fingerprint density at radius 1 is 1.50 bits per heavy atom. The summed E-state index contributed by atoms with van der Waals surface area (Å²) in [5.41, 5.74) is 1.05. The predicted octanol–water partition coefficient (Wildman–Crippen LogP) is 3.10. The lowest BCUT2D eigenvalue weighted by Crippen LogP contribution is -2.46. The van der Waals surface area contributed by atoms with E-state index < -0.39 is 0 Å². The number of cyclic esters (lactones) is 1. The molecule has 0 radical (unpaired) electrons. The molecule has 1 atom stereocenters. The number of alkyl carbamates (subject to hydrolysis) is 1. The Labute approximate surface area is 109 Å². The van der Waals surface area contributed by atoms with E-state index in [1.165, 1.54) is 3.57 Å². The molecule has 0 aliphatic carbocycles. The first-order valence-electron chi connectivity index (χ1n) is 5.18. The van der Waals surface area contributed by atoms with Crippen molar-refractivity contribution in [2.45, 2.75) is 19.9 Å². The van der Waals surface area contributed by atoms with Gasteiger partial charge in [0.15, 0.2) is 0 Å². The van der Waals surface area contributed by atoms with Gasteiger partial charge in [-0.15, -0.1) is 0 Å². The minimum atomic E-state index is -0.330. The van der Waals surface area contributed by atoms with Crippen LogP contribution in [-0.4, -0.2) is 12.7 Å². The van der Waals surface area contributed by atoms with Crippen LogP contribution < -0.4 is 5.32 Å². The van der Waals surface area contributed by atoms with Gasteiger partial charge in [-0.2, -0.15) is 0 Å². The molecule has 1 fully saturated rings. The Kier molecular flexibility index (Phi) is 3.10. The molecule has 1 N–H and O–H groups in total. The highest BCUT2D eigenvalue weighted by molar-refractivity contribution is 14.1. The molecule has 1 aliphatic rings. The molecule has 3 nitrogen and oxygen atoms in total. The zero-order chi connectivity index (χ0) is 11.8. The first-order valence-corrected chi connectivity index (χ1v) is 6.26. The zero-order valence-electron chi connectivity index (χ0n) is 9.29. The van der Waals surface area contributed by atoms with E-state index in [9.17, 15) is 4.79 Å². The van der Waals surface area contributed by atoms with Crippen LogP contribution in [0.25, 0.3) is 0 Å². The summed E-state index contributed by atoms with van der Waals surface area (Å²) >= 11 is 2.27. The molecule has 0 aromatic heterocycles. The van der Waals surface area contributed by atoms with Gasteiger partial charge in [0.2, 0.25) is 0 Å². The molecule has 86 valence electrons. The Hall–Kier alpha value is -0.780. The molecular formula is C12H14INO2. The smallest absolute Gasteiger partial charge is 0.407 e. The van der Waals surface area contributed by atoms with E-state index >= 15 is 0 Å². The molecule has 0 unspecified atom stereocenters. The third kappa shape index (κ3) is 2.31. The number of carbonyl (C=O) groups excluding carboxylic acids is 1. The number of nitrogens with one attached hydrogen (secondary N) is 1. The van der Waals surface area contributed by atoms with Crippen LogP contribution in [0.3, 0.4) is 0 Å². The summed E-state index contributed by atoms with van der Waals surface area (Å²) in [6.45, 7) is 4.64. The summed E-state index contributed by atoms with van der Waals surface area (Å²) < 4.78 is 6.20. The maximum absolute atomic E-state index is 11.3. The van der Waals surface area contributed by atoms with Crippen molar-refractivity contribution in [3.63, 3.8) is 0 Å². The van der Waals surface area contributed by atoms with Gasteiger partial charge >= 0.3 is 6.09 Å². The van der Waals surface area contributed by atoms with Crippen molar-refractivity contribution in [2.24, 2.45) is 5.41 Å². The molecule has 0 bridgehead atoms. The SMILES string of the molecule is CC1(C)COC(=O)N[C@@H]1c1cccc(I)c1. The topological polar surface area (TPSA) is 38.3 Å². The Bertz CT molecular complexity index is 417. The van der Waals surface area contributed by atoms with Crippen LogP contribution in [-0.2, 0) is 4.74 Å². The molecule has 1 heterocycles. The van der Waals surface area contributed by atoms with Crippen LogP contribution in [0.5, 0.6) is 0 Å². The van der Waals surface area contributed by atoms with Gasteiger partial charge in [0.25, 0.3) is 0 Å². The molecule has 4 heteroatoms. The van der Waals surface area contributed by atoms with E-state index in [4.69, 9.17) is 4.74 Å². The maximum atomic E-state index is 11.3. The lowest BCUT2D eigenvalue weighted by Gasteiger charge is -2.38. The van der Waals surface area contributed by atoms with Gasteiger partial charge in [-0.3, -0.25) is 0 Å². The molecule has 1 aromatic carbocycles. The fraction of sp³-hybridized carbons (Fsp3) is 0.417. The van der Waals surface area contributed by atoms with Gasteiger partial charge in [0, 0.05) is 8.99 Å². The van der Waals surface area contributed by atoms with Crippen molar-refractivity contribution in [1.29, 1.82) is 0 Å². The monoisotopic (exact) mass is 331 g/mol. The first kappa shape index (κ1) is 11.7. The minimum Gasteiger partial charge on any atom is -0.449 e. The second-order valence-corrected chi connectivity index (χ2v) is 5.94. The van der Waals surface area contributed by atoms with Crippen molar-refractivity contribution in [2.75, 3.05) is 6.61 Å². The van der Waals surface area contributed by atoms with Crippen LogP contribution in [0.2, 0.25) is 0 Å². The average molecular weight is 331 g/mol. The number of rotatable bonds is 1. The molecule has 0 spiro atoms. The number of benzene rings is 1. The van der Waals surface area contributed by atoms with Crippen molar-refractivity contribution in [1.82, 2.24) is 5.32 Å². The molecular weight excluding hydrogens is 317 g/mol. The molecule has 1 aromatic rings. The van der Waals surface area contributed by atoms with Crippen LogP contribution in [0.4, 0.5) is 4.79 Å². The Balaban J connectivity index is 2.33. The standard InChI is InChI=1S/C12H14INO2/c1-12(2)7-16-11(15)14-10(12)8-4-3-5-9(13)6-8/h3-6,10H,7H2,1-2H3,(H,14,15)/t10-/m1/s1. The molecule has 1 saturated heterocycles. The molecule has 1 aliphatic heterocycles. The molecule has 1 amide bonds.